The molecule has 1 aliphatic rings. The first-order valence-electron chi connectivity index (χ1n) is 8.81. The number of aromatic nitrogens is 1. The minimum absolute atomic E-state index is 0.0390. The molecule has 0 spiro atoms. The quantitative estimate of drug-likeness (QED) is 0.774. The summed E-state index contributed by atoms with van der Waals surface area (Å²) < 4.78 is 6.74. The standard InChI is InChI=1S/C19H28N4O3/c1-12(13(2)20-3)17(21-4)14-10-16(19(25)23(5)11-14)18(24)22-15-6-8-26-9-7-15/h10-11,15,20H,6-9H2,1-5H3,(H,22,24)/b13-12+,21-17?. The minimum Gasteiger partial charge on any atom is -0.391 e. The molecule has 2 rings (SSSR count). The Balaban J connectivity index is 2.39. The molecule has 1 fully saturated rings. The average Bonchev–Trinajstić information content (AvgIpc) is 2.64. The smallest absolute Gasteiger partial charge is 0.263 e. The zero-order chi connectivity index (χ0) is 19.3. The number of rotatable bonds is 5. The Labute approximate surface area is 154 Å². The van der Waals surface area contributed by atoms with Crippen LogP contribution in [0.1, 0.15) is 42.6 Å². The fraction of sp³-hybridized carbons (Fsp3) is 0.526. The lowest BCUT2D eigenvalue weighted by Gasteiger charge is -2.23. The predicted molar refractivity (Wildman–Crippen MR) is 103 cm³/mol. The van der Waals surface area contributed by atoms with E-state index in [1.807, 2.05) is 20.9 Å². The van der Waals surface area contributed by atoms with E-state index in [1.54, 1.807) is 26.4 Å². The van der Waals surface area contributed by atoms with Crippen molar-refractivity contribution in [3.63, 3.8) is 0 Å². The van der Waals surface area contributed by atoms with E-state index in [2.05, 4.69) is 15.6 Å². The van der Waals surface area contributed by atoms with Crippen LogP contribution in [0.4, 0.5) is 0 Å². The van der Waals surface area contributed by atoms with Gasteiger partial charge in [-0.1, -0.05) is 0 Å². The van der Waals surface area contributed by atoms with Gasteiger partial charge in [0.2, 0.25) is 0 Å². The number of nitrogens with one attached hydrogen (secondary N) is 2. The zero-order valence-corrected chi connectivity index (χ0v) is 16.2. The van der Waals surface area contributed by atoms with E-state index in [9.17, 15) is 9.59 Å². The molecule has 7 heteroatoms. The van der Waals surface area contributed by atoms with Gasteiger partial charge in [-0.25, -0.2) is 0 Å². The molecule has 142 valence electrons. The maximum Gasteiger partial charge on any atom is 0.263 e. The summed E-state index contributed by atoms with van der Waals surface area (Å²) >= 11 is 0. The van der Waals surface area contributed by atoms with E-state index in [4.69, 9.17) is 4.74 Å². The number of nitrogens with zero attached hydrogens (tertiary/aromatic N) is 2. The van der Waals surface area contributed by atoms with Crippen molar-refractivity contribution in [2.45, 2.75) is 32.7 Å². The first-order valence-corrected chi connectivity index (χ1v) is 8.81. The van der Waals surface area contributed by atoms with Gasteiger partial charge in [0.15, 0.2) is 0 Å². The van der Waals surface area contributed by atoms with Crippen LogP contribution in [0, 0.1) is 0 Å². The van der Waals surface area contributed by atoms with Crippen LogP contribution in [0.5, 0.6) is 0 Å². The highest BCUT2D eigenvalue weighted by Crippen LogP contribution is 2.13. The first-order chi connectivity index (χ1) is 12.4. The normalized spacial score (nSPS) is 16.9. The Morgan fingerprint density at radius 1 is 1.31 bits per heavy atom. The number of amides is 1. The molecule has 1 aliphatic heterocycles. The molecule has 0 aromatic carbocycles. The molecule has 7 nitrogen and oxygen atoms in total. The van der Waals surface area contributed by atoms with E-state index >= 15 is 0 Å². The molecule has 2 N–H and O–H groups in total. The van der Waals surface area contributed by atoms with E-state index in [-0.39, 0.29) is 23.1 Å². The summed E-state index contributed by atoms with van der Waals surface area (Å²) in [5.41, 5.74) is 3.23. The summed E-state index contributed by atoms with van der Waals surface area (Å²) in [6.45, 7) is 5.17. The highest BCUT2D eigenvalue weighted by Gasteiger charge is 2.21. The molecule has 0 radical (unpaired) electrons. The van der Waals surface area contributed by atoms with Gasteiger partial charge in [-0.2, -0.15) is 0 Å². The van der Waals surface area contributed by atoms with E-state index in [1.165, 1.54) is 4.57 Å². The van der Waals surface area contributed by atoms with Gasteiger partial charge < -0.3 is 19.9 Å². The van der Waals surface area contributed by atoms with Crippen LogP contribution in [-0.4, -0.2) is 49.5 Å². The van der Waals surface area contributed by atoms with Gasteiger partial charge in [0.05, 0.1) is 5.71 Å². The summed E-state index contributed by atoms with van der Waals surface area (Å²) in [5.74, 6) is -0.346. The maximum atomic E-state index is 12.7. The van der Waals surface area contributed by atoms with Crippen LogP contribution in [0.15, 0.2) is 33.3 Å². The number of aryl methyl sites for hydroxylation is 1. The lowest BCUT2D eigenvalue weighted by molar-refractivity contribution is 0.0695. The van der Waals surface area contributed by atoms with Crippen molar-refractivity contribution < 1.29 is 9.53 Å². The molecular weight excluding hydrogens is 332 g/mol. The van der Waals surface area contributed by atoms with Crippen LogP contribution in [0.3, 0.4) is 0 Å². The lowest BCUT2D eigenvalue weighted by Crippen LogP contribution is -2.41. The summed E-state index contributed by atoms with van der Waals surface area (Å²) in [5, 5.41) is 6.06. The number of pyridine rings is 1. The summed E-state index contributed by atoms with van der Waals surface area (Å²) in [7, 11) is 5.20. The molecular formula is C19H28N4O3. The van der Waals surface area contributed by atoms with Crippen molar-refractivity contribution in [2.24, 2.45) is 12.0 Å². The number of hydrogen-bond donors (Lipinski definition) is 2. The van der Waals surface area contributed by atoms with E-state index in [0.717, 1.165) is 35.4 Å². The topological polar surface area (TPSA) is 84.7 Å². The average molecular weight is 360 g/mol. The first kappa shape index (κ1) is 19.9. The number of ether oxygens (including phenoxy) is 1. The third kappa shape index (κ3) is 4.40. The van der Waals surface area contributed by atoms with Gasteiger partial charge >= 0.3 is 0 Å². The van der Waals surface area contributed by atoms with Crippen molar-refractivity contribution in [3.8, 4) is 0 Å². The minimum atomic E-state index is -0.346. The largest absolute Gasteiger partial charge is 0.391 e. The number of carbonyl (C=O) groups excluding carboxylic acids is 1. The third-order valence-corrected chi connectivity index (χ3v) is 4.77. The fourth-order valence-corrected chi connectivity index (χ4v) is 2.99. The Bertz CT molecular complexity index is 786. The second-order valence-electron chi connectivity index (χ2n) is 6.49. The second-order valence-corrected chi connectivity index (χ2v) is 6.49. The zero-order valence-electron chi connectivity index (χ0n) is 16.2. The molecule has 0 aliphatic carbocycles. The summed E-state index contributed by atoms with van der Waals surface area (Å²) in [4.78, 5) is 29.5. The number of carbonyl (C=O) groups is 1. The van der Waals surface area contributed by atoms with Gasteiger partial charge in [0.25, 0.3) is 11.5 Å². The molecule has 26 heavy (non-hydrogen) atoms. The summed E-state index contributed by atoms with van der Waals surface area (Å²) in [6.07, 6.45) is 3.23. The van der Waals surface area contributed by atoms with Crippen molar-refractivity contribution >= 4 is 11.6 Å². The Kier molecular flexibility index (Phi) is 6.74. The van der Waals surface area contributed by atoms with Crippen molar-refractivity contribution in [1.29, 1.82) is 0 Å². The van der Waals surface area contributed by atoms with E-state index in [0.29, 0.717) is 13.2 Å². The molecule has 1 amide bonds. The molecule has 0 unspecified atom stereocenters. The molecule has 0 saturated carbocycles. The SMILES string of the molecule is CN=C(/C(C)=C(\C)NC)c1cc(C(=O)NC2CCOCC2)c(=O)n(C)c1. The molecule has 1 aromatic heterocycles. The number of hydrogen-bond acceptors (Lipinski definition) is 5. The summed E-state index contributed by atoms with van der Waals surface area (Å²) in [6, 6.07) is 1.67. The van der Waals surface area contributed by atoms with Gasteiger partial charge in [-0.05, 0) is 38.3 Å². The van der Waals surface area contributed by atoms with Crippen LogP contribution in [0.2, 0.25) is 0 Å². The van der Waals surface area contributed by atoms with Gasteiger partial charge in [0, 0.05) is 57.9 Å². The molecule has 0 bridgehead atoms. The Hall–Kier alpha value is -2.41. The predicted octanol–water partition coefficient (Wildman–Crippen LogP) is 1.23. The lowest BCUT2D eigenvalue weighted by atomic mass is 10.0. The fourth-order valence-electron chi connectivity index (χ4n) is 2.99. The molecule has 2 heterocycles. The second kappa shape index (κ2) is 8.80. The van der Waals surface area contributed by atoms with Crippen LogP contribution >= 0.6 is 0 Å². The molecule has 0 atom stereocenters. The highest BCUT2D eigenvalue weighted by molar-refractivity contribution is 6.13. The Morgan fingerprint density at radius 3 is 2.54 bits per heavy atom. The van der Waals surface area contributed by atoms with Crippen molar-refractivity contribution in [3.05, 3.63) is 45.0 Å². The van der Waals surface area contributed by atoms with Gasteiger partial charge in [-0.3, -0.25) is 14.6 Å². The maximum absolute atomic E-state index is 12.7. The van der Waals surface area contributed by atoms with Crippen LogP contribution in [0.25, 0.3) is 0 Å². The van der Waals surface area contributed by atoms with Crippen LogP contribution < -0.4 is 16.2 Å². The highest BCUT2D eigenvalue weighted by atomic mass is 16.5. The van der Waals surface area contributed by atoms with E-state index < -0.39 is 0 Å². The van der Waals surface area contributed by atoms with Crippen LogP contribution in [-0.2, 0) is 11.8 Å². The van der Waals surface area contributed by atoms with Gasteiger partial charge in [-0.15, -0.1) is 0 Å². The molecule has 1 saturated heterocycles. The Morgan fingerprint density at radius 2 is 1.96 bits per heavy atom. The monoisotopic (exact) mass is 360 g/mol. The van der Waals surface area contributed by atoms with Crippen molar-refractivity contribution in [2.75, 3.05) is 27.3 Å². The van der Waals surface area contributed by atoms with Gasteiger partial charge in [0.1, 0.15) is 5.56 Å². The molecule has 1 aromatic rings. The number of allylic oxidation sites excluding steroid dienone is 2. The third-order valence-electron chi connectivity index (χ3n) is 4.77. The number of aliphatic imine (C=N–C) groups is 1. The van der Waals surface area contributed by atoms with Crippen molar-refractivity contribution in [1.82, 2.24) is 15.2 Å².